The maximum absolute atomic E-state index is 11.2. The van der Waals surface area contributed by atoms with Crippen LogP contribution in [0.1, 0.15) is 18.4 Å². The summed E-state index contributed by atoms with van der Waals surface area (Å²) in [6.45, 7) is 1.37. The van der Waals surface area contributed by atoms with E-state index in [0.29, 0.717) is 17.9 Å². The van der Waals surface area contributed by atoms with Crippen molar-refractivity contribution in [3.8, 4) is 6.07 Å². The summed E-state index contributed by atoms with van der Waals surface area (Å²) in [6.07, 6.45) is 3.37. The van der Waals surface area contributed by atoms with Gasteiger partial charge in [-0.05, 0) is 25.0 Å². The smallest absolute Gasteiger partial charge is 0.222 e. The Morgan fingerprint density at radius 1 is 1.65 bits per heavy atom. The van der Waals surface area contributed by atoms with Crippen molar-refractivity contribution >= 4 is 11.7 Å². The molecular formula is C12H14N4O. The van der Waals surface area contributed by atoms with Gasteiger partial charge < -0.3 is 10.6 Å². The Kier molecular flexibility index (Phi) is 3.24. The molecule has 1 unspecified atom stereocenters. The molecule has 1 aliphatic heterocycles. The Morgan fingerprint density at radius 2 is 2.47 bits per heavy atom. The van der Waals surface area contributed by atoms with Gasteiger partial charge in [-0.15, -0.1) is 0 Å². The third-order valence-corrected chi connectivity index (χ3v) is 3.03. The van der Waals surface area contributed by atoms with Gasteiger partial charge in [-0.2, -0.15) is 5.26 Å². The number of pyridine rings is 1. The number of rotatable bonds is 2. The van der Waals surface area contributed by atoms with Gasteiger partial charge in [0, 0.05) is 19.3 Å². The normalized spacial score (nSPS) is 19.7. The Morgan fingerprint density at radius 3 is 3.18 bits per heavy atom. The van der Waals surface area contributed by atoms with Gasteiger partial charge in [0.15, 0.2) is 0 Å². The first kappa shape index (κ1) is 11.4. The summed E-state index contributed by atoms with van der Waals surface area (Å²) >= 11 is 0. The van der Waals surface area contributed by atoms with Crippen molar-refractivity contribution in [2.24, 2.45) is 11.7 Å². The number of carbonyl (C=O) groups excluding carboxylic acids is 1. The number of carbonyl (C=O) groups is 1. The highest BCUT2D eigenvalue weighted by Gasteiger charge is 2.25. The molecule has 5 heteroatoms. The molecular weight excluding hydrogens is 216 g/mol. The van der Waals surface area contributed by atoms with E-state index < -0.39 is 0 Å². The summed E-state index contributed by atoms with van der Waals surface area (Å²) in [4.78, 5) is 17.4. The van der Waals surface area contributed by atoms with Crippen molar-refractivity contribution in [3.05, 3.63) is 23.9 Å². The fraction of sp³-hybridized carbons (Fsp3) is 0.417. The van der Waals surface area contributed by atoms with E-state index in [4.69, 9.17) is 11.0 Å². The molecule has 2 heterocycles. The number of anilines is 1. The van der Waals surface area contributed by atoms with Crippen LogP contribution < -0.4 is 10.6 Å². The molecule has 5 nitrogen and oxygen atoms in total. The second kappa shape index (κ2) is 4.83. The van der Waals surface area contributed by atoms with Gasteiger partial charge in [0.05, 0.1) is 11.5 Å². The first-order chi connectivity index (χ1) is 8.22. The molecule has 88 valence electrons. The SMILES string of the molecule is N#Cc1cccnc1N1CCCC(C(N)=O)C1. The van der Waals surface area contributed by atoms with Gasteiger partial charge in [0.2, 0.25) is 5.91 Å². The number of nitrogens with zero attached hydrogens (tertiary/aromatic N) is 3. The standard InChI is InChI=1S/C12H14N4O/c13-7-9-3-1-5-15-12(9)16-6-2-4-10(8-16)11(14)17/h1,3,5,10H,2,4,6,8H2,(H2,14,17). The van der Waals surface area contributed by atoms with Crippen LogP contribution in [0.25, 0.3) is 0 Å². The third kappa shape index (κ3) is 2.36. The molecule has 17 heavy (non-hydrogen) atoms. The van der Waals surface area contributed by atoms with Crippen molar-refractivity contribution in [1.29, 1.82) is 5.26 Å². The van der Waals surface area contributed by atoms with Crippen LogP contribution in [-0.2, 0) is 4.79 Å². The summed E-state index contributed by atoms with van der Waals surface area (Å²) in [7, 11) is 0. The minimum absolute atomic E-state index is 0.141. The molecule has 1 atom stereocenters. The van der Waals surface area contributed by atoms with E-state index in [9.17, 15) is 4.79 Å². The van der Waals surface area contributed by atoms with Crippen molar-refractivity contribution < 1.29 is 4.79 Å². The minimum Gasteiger partial charge on any atom is -0.369 e. The number of primary amides is 1. The molecule has 1 aromatic rings. The van der Waals surface area contributed by atoms with Crippen molar-refractivity contribution in [3.63, 3.8) is 0 Å². The number of hydrogen-bond acceptors (Lipinski definition) is 4. The number of piperidine rings is 1. The zero-order valence-electron chi connectivity index (χ0n) is 9.47. The molecule has 1 amide bonds. The Balaban J connectivity index is 2.22. The predicted octanol–water partition coefficient (Wildman–Crippen LogP) is 0.655. The molecule has 0 spiro atoms. The maximum Gasteiger partial charge on any atom is 0.222 e. The third-order valence-electron chi connectivity index (χ3n) is 3.03. The van der Waals surface area contributed by atoms with Gasteiger partial charge in [0.1, 0.15) is 11.9 Å². The van der Waals surface area contributed by atoms with Crippen molar-refractivity contribution in [1.82, 2.24) is 4.98 Å². The van der Waals surface area contributed by atoms with Gasteiger partial charge in [0.25, 0.3) is 0 Å². The first-order valence-electron chi connectivity index (χ1n) is 5.61. The zero-order chi connectivity index (χ0) is 12.3. The minimum atomic E-state index is -0.274. The van der Waals surface area contributed by atoms with Crippen LogP contribution in [0.3, 0.4) is 0 Å². The lowest BCUT2D eigenvalue weighted by molar-refractivity contribution is -0.122. The molecule has 0 radical (unpaired) electrons. The topological polar surface area (TPSA) is 83.0 Å². The Hall–Kier alpha value is -2.09. The van der Waals surface area contributed by atoms with Crippen molar-refractivity contribution in [2.45, 2.75) is 12.8 Å². The largest absolute Gasteiger partial charge is 0.369 e. The summed E-state index contributed by atoms with van der Waals surface area (Å²) < 4.78 is 0. The van der Waals surface area contributed by atoms with Crippen LogP contribution in [0.15, 0.2) is 18.3 Å². The Bertz CT molecular complexity index is 466. The second-order valence-corrected chi connectivity index (χ2v) is 4.17. The van der Waals surface area contributed by atoms with Crippen LogP contribution in [0.5, 0.6) is 0 Å². The highest BCUT2D eigenvalue weighted by atomic mass is 16.1. The lowest BCUT2D eigenvalue weighted by Crippen LogP contribution is -2.41. The lowest BCUT2D eigenvalue weighted by atomic mass is 9.97. The zero-order valence-corrected chi connectivity index (χ0v) is 9.47. The van der Waals surface area contributed by atoms with Crippen LogP contribution in [-0.4, -0.2) is 24.0 Å². The summed E-state index contributed by atoms with van der Waals surface area (Å²) in [5.41, 5.74) is 5.87. The fourth-order valence-corrected chi connectivity index (χ4v) is 2.14. The molecule has 1 aromatic heterocycles. The molecule has 0 aliphatic carbocycles. The predicted molar refractivity (Wildman–Crippen MR) is 63.1 cm³/mol. The average molecular weight is 230 g/mol. The van der Waals surface area contributed by atoms with E-state index >= 15 is 0 Å². The number of hydrogen-bond donors (Lipinski definition) is 1. The fourth-order valence-electron chi connectivity index (χ4n) is 2.14. The van der Waals surface area contributed by atoms with Crippen molar-refractivity contribution in [2.75, 3.05) is 18.0 Å². The monoisotopic (exact) mass is 230 g/mol. The van der Waals surface area contributed by atoms with Gasteiger partial charge in [-0.1, -0.05) is 0 Å². The maximum atomic E-state index is 11.2. The number of nitriles is 1. The van der Waals surface area contributed by atoms with Crippen LogP contribution >= 0.6 is 0 Å². The molecule has 1 aliphatic rings. The highest BCUT2D eigenvalue weighted by molar-refractivity contribution is 5.77. The summed E-state index contributed by atoms with van der Waals surface area (Å²) in [6, 6.07) is 5.58. The second-order valence-electron chi connectivity index (χ2n) is 4.17. The van der Waals surface area contributed by atoms with Gasteiger partial charge in [-0.25, -0.2) is 4.98 Å². The molecule has 0 bridgehead atoms. The summed E-state index contributed by atoms with van der Waals surface area (Å²) in [5, 5.41) is 9.02. The summed E-state index contributed by atoms with van der Waals surface area (Å²) in [5.74, 6) is 0.238. The van der Waals surface area contributed by atoms with Gasteiger partial charge in [-0.3, -0.25) is 4.79 Å². The molecule has 2 rings (SSSR count). The highest BCUT2D eigenvalue weighted by Crippen LogP contribution is 2.23. The molecule has 1 fully saturated rings. The number of amides is 1. The van der Waals surface area contributed by atoms with E-state index in [1.165, 1.54) is 0 Å². The quantitative estimate of drug-likeness (QED) is 0.808. The number of nitrogens with two attached hydrogens (primary N) is 1. The van der Waals surface area contributed by atoms with E-state index in [-0.39, 0.29) is 11.8 Å². The van der Waals surface area contributed by atoms with Crippen LogP contribution in [0.4, 0.5) is 5.82 Å². The molecule has 0 aromatic carbocycles. The molecule has 1 saturated heterocycles. The van der Waals surface area contributed by atoms with Crippen LogP contribution in [0, 0.1) is 17.2 Å². The van der Waals surface area contributed by atoms with Crippen LogP contribution in [0.2, 0.25) is 0 Å². The van der Waals surface area contributed by atoms with E-state index in [1.54, 1.807) is 18.3 Å². The van der Waals surface area contributed by atoms with E-state index in [0.717, 1.165) is 19.4 Å². The molecule has 0 saturated carbocycles. The van der Waals surface area contributed by atoms with Gasteiger partial charge >= 0.3 is 0 Å². The first-order valence-corrected chi connectivity index (χ1v) is 5.61. The molecule has 2 N–H and O–H groups in total. The lowest BCUT2D eigenvalue weighted by Gasteiger charge is -2.32. The van der Waals surface area contributed by atoms with E-state index in [1.807, 2.05) is 4.90 Å². The van der Waals surface area contributed by atoms with E-state index in [2.05, 4.69) is 11.1 Å². The Labute approximate surface area is 99.9 Å². The number of aromatic nitrogens is 1. The average Bonchev–Trinajstić information content (AvgIpc) is 2.39.